The number of hydrogen-bond acceptors (Lipinski definition) is 4. The SMILES string of the molecule is O=C(O)CCCCCON=C1c2ccccc2CC(c2ccccc2)C1n1ccnc1. The van der Waals surface area contributed by atoms with Crippen LogP contribution >= 0.6 is 0 Å². The normalized spacial score (nSPS) is 19.2. The van der Waals surface area contributed by atoms with Crippen LogP contribution in [0.15, 0.2) is 78.5 Å². The van der Waals surface area contributed by atoms with Crippen molar-refractivity contribution < 1.29 is 14.7 Å². The predicted molar refractivity (Wildman–Crippen MR) is 119 cm³/mol. The topological polar surface area (TPSA) is 76.7 Å². The largest absolute Gasteiger partial charge is 0.481 e. The zero-order chi connectivity index (χ0) is 21.5. The molecule has 0 fully saturated rings. The molecular formula is C25H27N3O3. The van der Waals surface area contributed by atoms with Crippen molar-refractivity contribution in [1.29, 1.82) is 0 Å². The Labute approximate surface area is 182 Å². The smallest absolute Gasteiger partial charge is 0.303 e. The minimum Gasteiger partial charge on any atom is -0.481 e. The molecule has 0 radical (unpaired) electrons. The Hall–Kier alpha value is -3.41. The molecule has 3 aromatic rings. The second kappa shape index (κ2) is 10.1. The summed E-state index contributed by atoms with van der Waals surface area (Å²) in [5.41, 5.74) is 4.53. The maximum Gasteiger partial charge on any atom is 0.303 e. The van der Waals surface area contributed by atoms with Crippen molar-refractivity contribution in [3.05, 3.63) is 90.0 Å². The number of aliphatic carboxylic acids is 1. The molecule has 4 rings (SSSR count). The number of oxime groups is 1. The van der Waals surface area contributed by atoms with Gasteiger partial charge in [0.15, 0.2) is 0 Å². The Morgan fingerprint density at radius 3 is 2.68 bits per heavy atom. The summed E-state index contributed by atoms with van der Waals surface area (Å²) >= 11 is 0. The van der Waals surface area contributed by atoms with Gasteiger partial charge >= 0.3 is 5.97 Å². The molecule has 2 atom stereocenters. The highest BCUT2D eigenvalue weighted by molar-refractivity contribution is 6.06. The molecule has 0 amide bonds. The van der Waals surface area contributed by atoms with E-state index in [1.807, 2.05) is 24.7 Å². The van der Waals surface area contributed by atoms with Gasteiger partial charge in [-0.15, -0.1) is 0 Å². The van der Waals surface area contributed by atoms with E-state index >= 15 is 0 Å². The van der Waals surface area contributed by atoms with Gasteiger partial charge in [0.05, 0.1) is 12.4 Å². The average Bonchev–Trinajstić information content (AvgIpc) is 3.32. The Morgan fingerprint density at radius 1 is 1.10 bits per heavy atom. The third-order valence-electron chi connectivity index (χ3n) is 5.76. The van der Waals surface area contributed by atoms with Crippen LogP contribution in [0, 0.1) is 0 Å². The van der Waals surface area contributed by atoms with E-state index in [2.05, 4.69) is 57.2 Å². The lowest BCUT2D eigenvalue weighted by Gasteiger charge is -2.35. The van der Waals surface area contributed by atoms with E-state index < -0.39 is 5.97 Å². The fourth-order valence-corrected chi connectivity index (χ4v) is 4.27. The lowest BCUT2D eigenvalue weighted by molar-refractivity contribution is -0.137. The fraction of sp³-hybridized carbons (Fsp3) is 0.320. The number of unbranched alkanes of at least 4 members (excludes halogenated alkanes) is 2. The second-order valence-electron chi connectivity index (χ2n) is 7.85. The van der Waals surface area contributed by atoms with Gasteiger partial charge in [0.1, 0.15) is 12.3 Å². The maximum absolute atomic E-state index is 10.6. The summed E-state index contributed by atoms with van der Waals surface area (Å²) in [5.74, 6) is -0.543. The highest BCUT2D eigenvalue weighted by atomic mass is 16.6. The number of carboxylic acid groups (broad SMARTS) is 1. The minimum atomic E-state index is -0.755. The van der Waals surface area contributed by atoms with Gasteiger partial charge in [-0.3, -0.25) is 4.79 Å². The first-order valence-corrected chi connectivity index (χ1v) is 10.8. The zero-order valence-electron chi connectivity index (χ0n) is 17.4. The molecule has 31 heavy (non-hydrogen) atoms. The Morgan fingerprint density at radius 2 is 1.90 bits per heavy atom. The monoisotopic (exact) mass is 417 g/mol. The Balaban J connectivity index is 1.61. The van der Waals surface area contributed by atoms with Crippen LogP contribution in [0.1, 0.15) is 54.3 Å². The van der Waals surface area contributed by atoms with E-state index in [0.717, 1.165) is 30.5 Å². The summed E-state index contributed by atoms with van der Waals surface area (Å²) in [7, 11) is 0. The van der Waals surface area contributed by atoms with Crippen LogP contribution in [0.25, 0.3) is 0 Å². The van der Waals surface area contributed by atoms with Gasteiger partial charge in [-0.2, -0.15) is 0 Å². The van der Waals surface area contributed by atoms with Crippen molar-refractivity contribution in [2.45, 2.75) is 44.1 Å². The van der Waals surface area contributed by atoms with Crippen molar-refractivity contribution >= 4 is 11.7 Å². The quantitative estimate of drug-likeness (QED) is 0.400. The molecule has 6 heteroatoms. The number of fused-ring (bicyclic) bond motifs is 1. The highest BCUT2D eigenvalue weighted by Gasteiger charge is 2.36. The van der Waals surface area contributed by atoms with E-state index in [9.17, 15) is 4.79 Å². The molecule has 0 saturated heterocycles. The summed E-state index contributed by atoms with van der Waals surface area (Å²) in [6.07, 6.45) is 8.98. The number of carbonyl (C=O) groups is 1. The summed E-state index contributed by atoms with van der Waals surface area (Å²) < 4.78 is 2.11. The molecule has 6 nitrogen and oxygen atoms in total. The van der Waals surface area contributed by atoms with Crippen molar-refractivity contribution in [3.63, 3.8) is 0 Å². The molecule has 1 heterocycles. The fourth-order valence-electron chi connectivity index (χ4n) is 4.27. The highest BCUT2D eigenvalue weighted by Crippen LogP contribution is 2.40. The van der Waals surface area contributed by atoms with E-state index in [1.165, 1.54) is 11.1 Å². The summed E-state index contributed by atoms with van der Waals surface area (Å²) in [5, 5.41) is 13.4. The maximum atomic E-state index is 10.6. The van der Waals surface area contributed by atoms with Crippen molar-refractivity contribution in [1.82, 2.24) is 9.55 Å². The van der Waals surface area contributed by atoms with Crippen LogP contribution in [0.3, 0.4) is 0 Å². The van der Waals surface area contributed by atoms with E-state index in [4.69, 9.17) is 9.94 Å². The van der Waals surface area contributed by atoms with Crippen molar-refractivity contribution in [2.75, 3.05) is 6.61 Å². The Bertz CT molecular complexity index is 1020. The van der Waals surface area contributed by atoms with Crippen molar-refractivity contribution in [3.8, 4) is 0 Å². The number of nitrogens with zero attached hydrogens (tertiary/aromatic N) is 3. The molecule has 2 aromatic carbocycles. The molecule has 0 aliphatic heterocycles. The number of carboxylic acids is 1. The van der Waals surface area contributed by atoms with Crippen LogP contribution < -0.4 is 0 Å². The Kier molecular flexibility index (Phi) is 6.77. The molecule has 1 aromatic heterocycles. The third kappa shape index (κ3) is 5.02. The van der Waals surface area contributed by atoms with E-state index in [0.29, 0.717) is 13.0 Å². The number of imidazole rings is 1. The van der Waals surface area contributed by atoms with Crippen LogP contribution in [0.5, 0.6) is 0 Å². The number of benzene rings is 2. The van der Waals surface area contributed by atoms with Gasteiger partial charge in [0.25, 0.3) is 0 Å². The first kappa shape index (κ1) is 20.8. The second-order valence-corrected chi connectivity index (χ2v) is 7.85. The standard InChI is InChI=1S/C25H27N3O3/c29-23(30)13-5-2-8-16-31-27-24-21-12-7-6-11-20(21)17-22(19-9-3-1-4-10-19)25(24)28-15-14-26-18-28/h1,3-4,6-7,9-12,14-15,18,22,25H,2,5,8,13,16-17H2,(H,29,30). The first-order valence-electron chi connectivity index (χ1n) is 10.8. The van der Waals surface area contributed by atoms with Crippen LogP contribution in [0.2, 0.25) is 0 Å². The molecule has 2 unspecified atom stereocenters. The third-order valence-corrected chi connectivity index (χ3v) is 5.76. The van der Waals surface area contributed by atoms with Gasteiger partial charge < -0.3 is 14.5 Å². The van der Waals surface area contributed by atoms with Gasteiger partial charge in [0.2, 0.25) is 0 Å². The number of aromatic nitrogens is 2. The van der Waals surface area contributed by atoms with Crippen LogP contribution in [-0.2, 0) is 16.1 Å². The molecule has 160 valence electrons. The lowest BCUT2D eigenvalue weighted by Crippen LogP contribution is -2.33. The van der Waals surface area contributed by atoms with Gasteiger partial charge in [-0.1, -0.05) is 59.8 Å². The number of rotatable bonds is 9. The molecule has 0 spiro atoms. The van der Waals surface area contributed by atoms with E-state index in [-0.39, 0.29) is 18.4 Å². The van der Waals surface area contributed by atoms with Gasteiger partial charge in [0, 0.05) is 30.3 Å². The number of hydrogen-bond donors (Lipinski definition) is 1. The predicted octanol–water partition coefficient (Wildman–Crippen LogP) is 4.83. The molecule has 1 N–H and O–H groups in total. The molecule has 0 saturated carbocycles. The summed E-state index contributed by atoms with van der Waals surface area (Å²) in [6, 6.07) is 18.9. The van der Waals surface area contributed by atoms with Gasteiger partial charge in [-0.05, 0) is 36.8 Å². The molecular weight excluding hydrogens is 390 g/mol. The van der Waals surface area contributed by atoms with Crippen molar-refractivity contribution in [2.24, 2.45) is 5.16 Å². The summed E-state index contributed by atoms with van der Waals surface area (Å²) in [6.45, 7) is 0.470. The molecule has 1 aliphatic rings. The average molecular weight is 418 g/mol. The van der Waals surface area contributed by atoms with E-state index in [1.54, 1.807) is 6.20 Å². The first-order chi connectivity index (χ1) is 15.2. The minimum absolute atomic E-state index is 0.0215. The summed E-state index contributed by atoms with van der Waals surface area (Å²) in [4.78, 5) is 20.7. The zero-order valence-corrected chi connectivity index (χ0v) is 17.4. The van der Waals surface area contributed by atoms with Crippen LogP contribution in [0.4, 0.5) is 0 Å². The lowest BCUT2D eigenvalue weighted by atomic mass is 9.75. The van der Waals surface area contributed by atoms with Crippen LogP contribution in [-0.4, -0.2) is 32.9 Å². The molecule has 0 bridgehead atoms. The van der Waals surface area contributed by atoms with Gasteiger partial charge in [-0.25, -0.2) is 4.98 Å². The molecule has 1 aliphatic carbocycles.